The zero-order valence-corrected chi connectivity index (χ0v) is 17.8. The minimum Gasteiger partial charge on any atom is -0.353 e. The number of imide groups is 1. The van der Waals surface area contributed by atoms with Crippen LogP contribution in [0.5, 0.6) is 0 Å². The summed E-state index contributed by atoms with van der Waals surface area (Å²) in [6, 6.07) is 7.03. The summed E-state index contributed by atoms with van der Waals surface area (Å²) in [5.41, 5.74) is 0.150. The average molecular weight is 421 g/mol. The number of benzene rings is 1. The van der Waals surface area contributed by atoms with Gasteiger partial charge in [-0.15, -0.1) is 0 Å². The highest BCUT2D eigenvalue weighted by Gasteiger charge is 2.52. The molecule has 7 nitrogen and oxygen atoms in total. The highest BCUT2D eigenvalue weighted by atomic mass is 35.5. The summed E-state index contributed by atoms with van der Waals surface area (Å²) in [6.45, 7) is 5.81. The summed E-state index contributed by atoms with van der Waals surface area (Å²) in [4.78, 5) is 40.8. The molecule has 8 heteroatoms. The van der Waals surface area contributed by atoms with E-state index in [2.05, 4.69) is 29.4 Å². The third kappa shape index (κ3) is 4.41. The van der Waals surface area contributed by atoms with Crippen molar-refractivity contribution in [1.82, 2.24) is 20.4 Å². The number of carbonyl (C=O) groups excluding carboxylic acids is 3. The van der Waals surface area contributed by atoms with Crippen molar-refractivity contribution in [1.29, 1.82) is 0 Å². The molecule has 0 aromatic heterocycles. The van der Waals surface area contributed by atoms with Crippen molar-refractivity contribution in [2.45, 2.75) is 51.1 Å². The second kappa shape index (κ2) is 9.13. The van der Waals surface area contributed by atoms with Gasteiger partial charge in [0.2, 0.25) is 5.91 Å². The van der Waals surface area contributed by atoms with E-state index in [1.54, 1.807) is 0 Å². The first-order valence-electron chi connectivity index (χ1n) is 10.3. The van der Waals surface area contributed by atoms with E-state index >= 15 is 0 Å². The Labute approximate surface area is 176 Å². The smallest absolute Gasteiger partial charge is 0.325 e. The molecule has 1 saturated heterocycles. The highest BCUT2D eigenvalue weighted by molar-refractivity contribution is 6.31. The van der Waals surface area contributed by atoms with Gasteiger partial charge in [0.25, 0.3) is 5.91 Å². The first-order valence-corrected chi connectivity index (χ1v) is 10.7. The molecule has 29 heavy (non-hydrogen) atoms. The Hall–Kier alpha value is -2.12. The molecular weight excluding hydrogens is 392 g/mol. The fourth-order valence-corrected chi connectivity index (χ4v) is 4.65. The van der Waals surface area contributed by atoms with Crippen molar-refractivity contribution in [2.24, 2.45) is 0 Å². The number of nitrogens with zero attached hydrogens (tertiary/aromatic N) is 2. The van der Waals surface area contributed by atoms with Gasteiger partial charge in [-0.25, -0.2) is 4.79 Å². The summed E-state index contributed by atoms with van der Waals surface area (Å²) in [6.07, 6.45) is 3.11. The molecule has 1 aromatic carbocycles. The van der Waals surface area contributed by atoms with Crippen LogP contribution in [0.3, 0.4) is 0 Å². The molecule has 1 aliphatic heterocycles. The Morgan fingerprint density at radius 1 is 1.24 bits per heavy atom. The van der Waals surface area contributed by atoms with Crippen LogP contribution in [0.25, 0.3) is 0 Å². The van der Waals surface area contributed by atoms with E-state index in [9.17, 15) is 14.4 Å². The second-order valence-corrected chi connectivity index (χ2v) is 8.08. The van der Waals surface area contributed by atoms with Gasteiger partial charge in [-0.3, -0.25) is 19.4 Å². The molecule has 2 N–H and O–H groups in total. The van der Waals surface area contributed by atoms with E-state index in [0.29, 0.717) is 24.4 Å². The maximum Gasteiger partial charge on any atom is 0.325 e. The van der Waals surface area contributed by atoms with Crippen LogP contribution in [0.1, 0.15) is 51.1 Å². The topological polar surface area (TPSA) is 81.8 Å². The van der Waals surface area contributed by atoms with E-state index in [4.69, 9.17) is 11.6 Å². The molecule has 1 aliphatic carbocycles. The molecule has 0 radical (unpaired) electrons. The van der Waals surface area contributed by atoms with Crippen LogP contribution >= 0.6 is 11.6 Å². The number of urea groups is 1. The van der Waals surface area contributed by atoms with E-state index in [0.717, 1.165) is 36.4 Å². The number of amides is 4. The van der Waals surface area contributed by atoms with Crippen molar-refractivity contribution in [3.8, 4) is 0 Å². The van der Waals surface area contributed by atoms with Crippen LogP contribution < -0.4 is 10.6 Å². The third-order valence-corrected chi connectivity index (χ3v) is 6.36. The molecule has 2 fully saturated rings. The molecule has 4 amide bonds. The molecule has 1 aromatic rings. The maximum atomic E-state index is 12.7. The van der Waals surface area contributed by atoms with Crippen LogP contribution in [0.2, 0.25) is 5.02 Å². The number of nitrogens with one attached hydrogen (secondary N) is 2. The summed E-state index contributed by atoms with van der Waals surface area (Å²) in [5.74, 6) is -0.630. The highest BCUT2D eigenvalue weighted by Crippen LogP contribution is 2.35. The Morgan fingerprint density at radius 3 is 2.52 bits per heavy atom. The van der Waals surface area contributed by atoms with Gasteiger partial charge in [-0.05, 0) is 37.6 Å². The third-order valence-electron chi connectivity index (χ3n) is 6.01. The van der Waals surface area contributed by atoms with Crippen molar-refractivity contribution in [3.05, 3.63) is 34.9 Å². The van der Waals surface area contributed by atoms with Crippen LogP contribution in [-0.4, -0.2) is 59.4 Å². The van der Waals surface area contributed by atoms with Crippen molar-refractivity contribution >= 4 is 29.4 Å². The fraction of sp³-hybridized carbons (Fsp3) is 0.571. The molecule has 2 aliphatic rings. The van der Waals surface area contributed by atoms with Gasteiger partial charge in [-0.2, -0.15) is 0 Å². The number of halogens is 1. The van der Waals surface area contributed by atoms with Gasteiger partial charge in [0.05, 0.1) is 6.04 Å². The average Bonchev–Trinajstić information content (AvgIpc) is 3.26. The van der Waals surface area contributed by atoms with Crippen molar-refractivity contribution in [2.75, 3.05) is 26.2 Å². The predicted octanol–water partition coefficient (Wildman–Crippen LogP) is 2.70. The van der Waals surface area contributed by atoms with Gasteiger partial charge in [-0.1, -0.05) is 56.5 Å². The van der Waals surface area contributed by atoms with Gasteiger partial charge in [0.1, 0.15) is 12.1 Å². The summed E-state index contributed by atoms with van der Waals surface area (Å²) < 4.78 is 0. The predicted molar refractivity (Wildman–Crippen MR) is 112 cm³/mol. The standard InChI is InChI=1S/C21H29ClN4O3/c1-3-25(4-2)17(15-9-5-6-10-16(15)22)13-23-18(27)14-26-19(28)21(24-20(26)29)11-7-8-12-21/h5-6,9-10,17H,3-4,7-8,11-14H2,1-2H3,(H,23,27)(H,24,29). The Kier molecular flexibility index (Phi) is 6.80. The number of hydrogen-bond donors (Lipinski definition) is 2. The monoisotopic (exact) mass is 420 g/mol. The number of likely N-dealkylation sites (N-methyl/N-ethyl adjacent to an activating group) is 1. The molecule has 3 rings (SSSR count). The first-order chi connectivity index (χ1) is 13.9. The lowest BCUT2D eigenvalue weighted by atomic mass is 9.98. The number of rotatable bonds is 8. The zero-order chi connectivity index (χ0) is 21.0. The first kappa shape index (κ1) is 21.6. The Balaban J connectivity index is 1.65. The second-order valence-electron chi connectivity index (χ2n) is 7.67. The van der Waals surface area contributed by atoms with Gasteiger partial charge >= 0.3 is 6.03 Å². The van der Waals surface area contributed by atoms with Crippen LogP contribution in [0.4, 0.5) is 4.79 Å². The fourth-order valence-electron chi connectivity index (χ4n) is 4.39. The van der Waals surface area contributed by atoms with E-state index in [-0.39, 0.29) is 24.4 Å². The van der Waals surface area contributed by atoms with E-state index in [1.807, 2.05) is 24.3 Å². The lowest BCUT2D eigenvalue weighted by Gasteiger charge is -2.31. The Morgan fingerprint density at radius 2 is 1.90 bits per heavy atom. The number of carbonyl (C=O) groups is 3. The number of hydrogen-bond acceptors (Lipinski definition) is 4. The quantitative estimate of drug-likeness (QED) is 0.633. The van der Waals surface area contributed by atoms with Crippen molar-refractivity contribution < 1.29 is 14.4 Å². The summed E-state index contributed by atoms with van der Waals surface area (Å²) in [7, 11) is 0. The van der Waals surface area contributed by atoms with E-state index < -0.39 is 11.6 Å². The molecule has 1 heterocycles. The summed E-state index contributed by atoms with van der Waals surface area (Å²) in [5, 5.41) is 6.34. The normalized spacial score (nSPS) is 19.1. The zero-order valence-electron chi connectivity index (χ0n) is 17.0. The van der Waals surface area contributed by atoms with Crippen LogP contribution in [-0.2, 0) is 9.59 Å². The SMILES string of the molecule is CCN(CC)C(CNC(=O)CN1C(=O)NC2(CCCC2)C1=O)c1ccccc1Cl. The lowest BCUT2D eigenvalue weighted by molar-refractivity contribution is -0.134. The van der Waals surface area contributed by atoms with Gasteiger partial charge in [0, 0.05) is 11.6 Å². The molecule has 158 valence electrons. The Bertz CT molecular complexity index is 775. The van der Waals surface area contributed by atoms with Gasteiger partial charge in [0.15, 0.2) is 0 Å². The minimum atomic E-state index is -0.793. The van der Waals surface area contributed by atoms with Crippen LogP contribution in [0.15, 0.2) is 24.3 Å². The lowest BCUT2D eigenvalue weighted by Crippen LogP contribution is -2.46. The molecule has 1 saturated carbocycles. The molecule has 0 bridgehead atoms. The molecule has 1 atom stereocenters. The van der Waals surface area contributed by atoms with E-state index in [1.165, 1.54) is 0 Å². The molecular formula is C21H29ClN4O3. The van der Waals surface area contributed by atoms with Crippen molar-refractivity contribution in [3.63, 3.8) is 0 Å². The van der Waals surface area contributed by atoms with Gasteiger partial charge < -0.3 is 10.6 Å². The van der Waals surface area contributed by atoms with Crippen LogP contribution in [0, 0.1) is 0 Å². The summed E-state index contributed by atoms with van der Waals surface area (Å²) >= 11 is 6.39. The molecule has 1 spiro atoms. The molecule has 1 unspecified atom stereocenters. The maximum absolute atomic E-state index is 12.7. The minimum absolute atomic E-state index is 0.0908. The largest absolute Gasteiger partial charge is 0.353 e.